The number of hydrogen-bond donors (Lipinski definition) is 1. The number of hydrogen-bond acceptors (Lipinski definition) is 7. The van der Waals surface area contributed by atoms with E-state index in [1.807, 2.05) is 0 Å². The molecule has 0 heterocycles. The third kappa shape index (κ3) is 5.58. The van der Waals surface area contributed by atoms with Crippen molar-refractivity contribution in [1.29, 1.82) is 0 Å². The van der Waals surface area contributed by atoms with E-state index in [2.05, 4.69) is 5.32 Å². The van der Waals surface area contributed by atoms with Gasteiger partial charge in [0.15, 0.2) is 17.6 Å². The third-order valence-corrected chi connectivity index (χ3v) is 4.18. The van der Waals surface area contributed by atoms with E-state index >= 15 is 0 Å². The monoisotopic (exact) mass is 422 g/mol. The molecule has 10 heteroatoms. The summed E-state index contributed by atoms with van der Waals surface area (Å²) >= 11 is 5.72. The highest BCUT2D eigenvalue weighted by Crippen LogP contribution is 2.27. The highest BCUT2D eigenvalue weighted by Gasteiger charge is 2.25. The van der Waals surface area contributed by atoms with Crippen molar-refractivity contribution in [2.24, 2.45) is 0 Å². The quantitative estimate of drug-likeness (QED) is 0.394. The number of ether oxygens (including phenoxy) is 3. The molecule has 0 saturated carbocycles. The Morgan fingerprint density at radius 1 is 1.14 bits per heavy atom. The van der Waals surface area contributed by atoms with Gasteiger partial charge in [-0.2, -0.15) is 0 Å². The minimum atomic E-state index is -1.17. The lowest BCUT2D eigenvalue weighted by molar-refractivity contribution is -0.385. The van der Waals surface area contributed by atoms with E-state index in [1.165, 1.54) is 33.3 Å². The van der Waals surface area contributed by atoms with E-state index in [4.69, 9.17) is 25.8 Å². The fraction of sp³-hybridized carbons (Fsp3) is 0.263. The SMILES string of the molecule is COc1ccc(CNC(=O)C(C)OC(=O)c2ccc(Cl)cc2[N+](=O)[O-])cc1OC. The zero-order chi connectivity index (χ0) is 21.6. The number of nitrogens with zero attached hydrogens (tertiary/aromatic N) is 1. The van der Waals surface area contributed by atoms with Crippen LogP contribution in [-0.2, 0) is 16.1 Å². The van der Waals surface area contributed by atoms with Crippen molar-refractivity contribution in [3.05, 3.63) is 62.7 Å². The molecule has 9 nitrogen and oxygen atoms in total. The summed E-state index contributed by atoms with van der Waals surface area (Å²) in [5.41, 5.74) is -0.0535. The van der Waals surface area contributed by atoms with Crippen LogP contribution in [0.1, 0.15) is 22.8 Å². The Kier molecular flexibility index (Phi) is 7.38. The highest BCUT2D eigenvalue weighted by molar-refractivity contribution is 6.31. The first-order valence-corrected chi connectivity index (χ1v) is 8.78. The molecule has 0 aliphatic heterocycles. The van der Waals surface area contributed by atoms with Crippen molar-refractivity contribution in [1.82, 2.24) is 5.32 Å². The molecular weight excluding hydrogens is 404 g/mol. The number of benzene rings is 2. The molecule has 0 radical (unpaired) electrons. The number of nitro benzene ring substituents is 1. The van der Waals surface area contributed by atoms with Crippen LogP contribution in [0.4, 0.5) is 5.69 Å². The second-order valence-electron chi connectivity index (χ2n) is 5.87. The lowest BCUT2D eigenvalue weighted by Crippen LogP contribution is -2.35. The maximum atomic E-state index is 12.2. The minimum Gasteiger partial charge on any atom is -0.493 e. The number of rotatable bonds is 8. The van der Waals surface area contributed by atoms with Crippen LogP contribution in [0.15, 0.2) is 36.4 Å². The summed E-state index contributed by atoms with van der Waals surface area (Å²) in [6.07, 6.45) is -1.17. The third-order valence-electron chi connectivity index (χ3n) is 3.94. The van der Waals surface area contributed by atoms with Crippen molar-refractivity contribution < 1.29 is 28.7 Å². The molecule has 0 spiro atoms. The first-order valence-electron chi connectivity index (χ1n) is 8.40. The Labute approximate surface area is 171 Å². The lowest BCUT2D eigenvalue weighted by atomic mass is 10.2. The predicted octanol–water partition coefficient (Wildman–Crippen LogP) is 3.13. The number of nitro groups is 1. The van der Waals surface area contributed by atoms with Crippen LogP contribution < -0.4 is 14.8 Å². The smallest absolute Gasteiger partial charge is 0.345 e. The Balaban J connectivity index is 2.01. The zero-order valence-electron chi connectivity index (χ0n) is 15.9. The predicted molar refractivity (Wildman–Crippen MR) is 104 cm³/mol. The summed E-state index contributed by atoms with van der Waals surface area (Å²) in [5.74, 6) is -0.505. The topological polar surface area (TPSA) is 117 Å². The lowest BCUT2D eigenvalue weighted by Gasteiger charge is -2.14. The molecule has 0 aliphatic carbocycles. The number of carbonyl (C=O) groups is 2. The van der Waals surface area contributed by atoms with E-state index in [0.29, 0.717) is 11.5 Å². The Morgan fingerprint density at radius 3 is 2.45 bits per heavy atom. The molecule has 29 heavy (non-hydrogen) atoms. The van der Waals surface area contributed by atoms with Crippen LogP contribution >= 0.6 is 11.6 Å². The maximum absolute atomic E-state index is 12.2. The van der Waals surface area contributed by atoms with Gasteiger partial charge in [-0.05, 0) is 36.8 Å². The van der Waals surface area contributed by atoms with Crippen molar-refractivity contribution in [2.45, 2.75) is 19.6 Å². The summed E-state index contributed by atoms with van der Waals surface area (Å²) in [6, 6.07) is 8.69. The van der Waals surface area contributed by atoms with Crippen molar-refractivity contribution in [2.75, 3.05) is 14.2 Å². The van der Waals surface area contributed by atoms with Gasteiger partial charge in [-0.15, -0.1) is 0 Å². The van der Waals surface area contributed by atoms with Crippen molar-refractivity contribution in [3.63, 3.8) is 0 Å². The summed E-state index contributed by atoms with van der Waals surface area (Å²) in [7, 11) is 3.01. The molecule has 1 atom stereocenters. The molecule has 2 aromatic rings. The molecule has 2 aromatic carbocycles. The number of carbonyl (C=O) groups excluding carboxylic acids is 2. The van der Waals surface area contributed by atoms with E-state index in [1.54, 1.807) is 18.2 Å². The van der Waals surface area contributed by atoms with Crippen molar-refractivity contribution >= 4 is 29.2 Å². The molecule has 154 valence electrons. The minimum absolute atomic E-state index is 0.106. The first-order chi connectivity index (χ1) is 13.8. The zero-order valence-corrected chi connectivity index (χ0v) is 16.7. The fourth-order valence-electron chi connectivity index (χ4n) is 2.43. The molecule has 0 aliphatic rings. The molecule has 0 aromatic heterocycles. The highest BCUT2D eigenvalue weighted by atomic mass is 35.5. The van der Waals surface area contributed by atoms with Gasteiger partial charge in [0, 0.05) is 17.6 Å². The van der Waals surface area contributed by atoms with Gasteiger partial charge in [0.05, 0.1) is 19.1 Å². The second-order valence-corrected chi connectivity index (χ2v) is 6.31. The molecule has 1 unspecified atom stereocenters. The summed E-state index contributed by atoms with van der Waals surface area (Å²) in [5, 5.41) is 13.8. The van der Waals surface area contributed by atoms with Crippen LogP contribution in [0, 0.1) is 10.1 Å². The molecule has 0 saturated heterocycles. The van der Waals surface area contributed by atoms with Gasteiger partial charge < -0.3 is 19.5 Å². The van der Waals surface area contributed by atoms with Gasteiger partial charge in [0.25, 0.3) is 11.6 Å². The largest absolute Gasteiger partial charge is 0.493 e. The van der Waals surface area contributed by atoms with Crippen LogP contribution in [0.2, 0.25) is 5.02 Å². The van der Waals surface area contributed by atoms with E-state index in [0.717, 1.165) is 11.6 Å². The van der Waals surface area contributed by atoms with Crippen LogP contribution in [0.25, 0.3) is 0 Å². The van der Waals surface area contributed by atoms with Gasteiger partial charge in [0.2, 0.25) is 0 Å². The van der Waals surface area contributed by atoms with Gasteiger partial charge >= 0.3 is 5.97 Å². The van der Waals surface area contributed by atoms with Crippen LogP contribution in [0.3, 0.4) is 0 Å². The first kappa shape index (κ1) is 22.0. The second kappa shape index (κ2) is 9.74. The standard InChI is InChI=1S/C19H19ClN2O7/c1-11(29-19(24)14-6-5-13(20)9-15(14)22(25)26)18(23)21-10-12-4-7-16(27-2)17(8-12)28-3/h4-9,11H,10H2,1-3H3,(H,21,23). The number of esters is 1. The van der Waals surface area contributed by atoms with Crippen molar-refractivity contribution in [3.8, 4) is 11.5 Å². The number of methoxy groups -OCH3 is 2. The van der Waals surface area contributed by atoms with Gasteiger partial charge in [-0.25, -0.2) is 4.79 Å². The molecule has 0 bridgehead atoms. The fourth-order valence-corrected chi connectivity index (χ4v) is 2.60. The summed E-state index contributed by atoms with van der Waals surface area (Å²) in [4.78, 5) is 34.8. The Morgan fingerprint density at radius 2 is 1.83 bits per heavy atom. The Bertz CT molecular complexity index is 933. The van der Waals surface area contributed by atoms with E-state index < -0.39 is 28.6 Å². The normalized spacial score (nSPS) is 11.3. The van der Waals surface area contributed by atoms with Gasteiger partial charge in [0.1, 0.15) is 5.56 Å². The number of nitrogens with one attached hydrogen (secondary N) is 1. The van der Waals surface area contributed by atoms with Crippen LogP contribution in [0.5, 0.6) is 11.5 Å². The van der Waals surface area contributed by atoms with Gasteiger partial charge in [-0.1, -0.05) is 17.7 Å². The average molecular weight is 423 g/mol. The van der Waals surface area contributed by atoms with E-state index in [-0.39, 0.29) is 17.1 Å². The average Bonchev–Trinajstić information content (AvgIpc) is 2.71. The summed E-state index contributed by atoms with van der Waals surface area (Å²) < 4.78 is 15.4. The maximum Gasteiger partial charge on any atom is 0.345 e. The Hall–Kier alpha value is -3.33. The molecule has 1 N–H and O–H groups in total. The molecule has 1 amide bonds. The molecular formula is C19H19ClN2O7. The molecule has 0 fully saturated rings. The number of halogens is 1. The van der Waals surface area contributed by atoms with Gasteiger partial charge in [-0.3, -0.25) is 14.9 Å². The summed E-state index contributed by atoms with van der Waals surface area (Å²) in [6.45, 7) is 1.52. The van der Waals surface area contributed by atoms with Crippen LogP contribution in [-0.4, -0.2) is 37.1 Å². The molecule has 2 rings (SSSR count). The van der Waals surface area contributed by atoms with E-state index in [9.17, 15) is 19.7 Å². The number of amides is 1.